The van der Waals surface area contributed by atoms with Crippen molar-refractivity contribution in [1.82, 2.24) is 4.90 Å². The fourth-order valence-corrected chi connectivity index (χ4v) is 1.65. The average Bonchev–Trinajstić information content (AvgIpc) is 2.23. The maximum absolute atomic E-state index is 13.5. The Morgan fingerprint density at radius 3 is 2.75 bits per heavy atom. The molecule has 0 saturated carbocycles. The van der Waals surface area contributed by atoms with Crippen LogP contribution in [0.25, 0.3) is 0 Å². The molecule has 1 aromatic rings. The molecule has 0 unspecified atom stereocenters. The molecule has 0 radical (unpaired) electrons. The number of benzene rings is 1. The summed E-state index contributed by atoms with van der Waals surface area (Å²) in [4.78, 5) is 13.3. The Labute approximate surface area is 92.8 Å². The van der Waals surface area contributed by atoms with E-state index in [9.17, 15) is 9.18 Å². The predicted molar refractivity (Wildman–Crippen MR) is 56.8 cm³/mol. The molecular weight excluding hydrogens is 211 g/mol. The Morgan fingerprint density at radius 2 is 2.25 bits per heavy atom. The van der Waals surface area contributed by atoms with Crippen LogP contribution in [0.3, 0.4) is 0 Å². The number of amides is 1. The summed E-state index contributed by atoms with van der Waals surface area (Å²) in [5.74, 6) is -0.485. The van der Waals surface area contributed by atoms with E-state index in [0.29, 0.717) is 18.8 Å². The number of methoxy groups -OCH3 is 1. The van der Waals surface area contributed by atoms with Gasteiger partial charge in [-0.3, -0.25) is 4.79 Å². The van der Waals surface area contributed by atoms with Crippen molar-refractivity contribution in [2.24, 2.45) is 5.73 Å². The lowest BCUT2D eigenvalue weighted by atomic mass is 10.1. The molecule has 0 bridgehead atoms. The third-order valence-electron chi connectivity index (χ3n) is 2.60. The van der Waals surface area contributed by atoms with Gasteiger partial charge in [-0.05, 0) is 12.1 Å². The number of carbonyl (C=O) groups excluding carboxylic acids is 1. The molecule has 4 nitrogen and oxygen atoms in total. The van der Waals surface area contributed by atoms with Crippen molar-refractivity contribution in [3.05, 3.63) is 29.6 Å². The molecule has 2 N–H and O–H groups in total. The molecule has 1 amide bonds. The lowest BCUT2D eigenvalue weighted by Gasteiger charge is -2.36. The van der Waals surface area contributed by atoms with Crippen LogP contribution in [0.5, 0.6) is 5.75 Å². The van der Waals surface area contributed by atoms with Gasteiger partial charge in [-0.15, -0.1) is 0 Å². The van der Waals surface area contributed by atoms with Gasteiger partial charge in [0.2, 0.25) is 0 Å². The molecule has 1 aliphatic rings. The number of ether oxygens (including phenoxy) is 1. The van der Waals surface area contributed by atoms with Gasteiger partial charge in [0.05, 0.1) is 12.7 Å². The van der Waals surface area contributed by atoms with Crippen molar-refractivity contribution >= 4 is 5.91 Å². The van der Waals surface area contributed by atoms with Crippen LogP contribution in [0, 0.1) is 5.82 Å². The molecule has 0 spiro atoms. The van der Waals surface area contributed by atoms with Crippen LogP contribution in [0.15, 0.2) is 18.2 Å². The van der Waals surface area contributed by atoms with Crippen molar-refractivity contribution < 1.29 is 13.9 Å². The van der Waals surface area contributed by atoms with Gasteiger partial charge in [-0.25, -0.2) is 4.39 Å². The zero-order chi connectivity index (χ0) is 11.7. The Bertz CT molecular complexity index is 416. The summed E-state index contributed by atoms with van der Waals surface area (Å²) < 4.78 is 18.4. The highest BCUT2D eigenvalue weighted by Crippen LogP contribution is 2.19. The Kier molecular flexibility index (Phi) is 2.78. The number of hydrogen-bond donors (Lipinski definition) is 1. The smallest absolute Gasteiger partial charge is 0.256 e. The van der Waals surface area contributed by atoms with E-state index < -0.39 is 5.82 Å². The number of halogens is 1. The van der Waals surface area contributed by atoms with E-state index >= 15 is 0 Å². The molecular formula is C11H13FN2O2. The minimum absolute atomic E-state index is 0.0188. The summed E-state index contributed by atoms with van der Waals surface area (Å²) in [6.07, 6.45) is 0. The predicted octanol–water partition coefficient (Wildman–Crippen LogP) is 0.617. The average molecular weight is 224 g/mol. The van der Waals surface area contributed by atoms with E-state index in [0.717, 1.165) is 0 Å². The van der Waals surface area contributed by atoms with Crippen molar-refractivity contribution in [3.8, 4) is 5.75 Å². The number of nitrogens with two attached hydrogens (primary N) is 1. The Balaban J connectivity index is 2.17. The van der Waals surface area contributed by atoms with Crippen molar-refractivity contribution in [1.29, 1.82) is 0 Å². The molecule has 0 atom stereocenters. The lowest BCUT2D eigenvalue weighted by molar-refractivity contribution is 0.0603. The highest BCUT2D eigenvalue weighted by atomic mass is 19.1. The molecule has 0 aliphatic carbocycles. The first kappa shape index (κ1) is 10.9. The van der Waals surface area contributed by atoms with E-state index in [4.69, 9.17) is 10.5 Å². The zero-order valence-electron chi connectivity index (χ0n) is 8.94. The Morgan fingerprint density at radius 1 is 1.56 bits per heavy atom. The molecule has 0 aromatic heterocycles. The monoisotopic (exact) mass is 224 g/mol. The second kappa shape index (κ2) is 4.09. The van der Waals surface area contributed by atoms with Gasteiger partial charge >= 0.3 is 0 Å². The summed E-state index contributed by atoms with van der Waals surface area (Å²) in [7, 11) is 1.45. The molecule has 2 rings (SSSR count). The summed E-state index contributed by atoms with van der Waals surface area (Å²) in [6, 6.07) is 4.22. The standard InChI is InChI=1S/C11H13FN2O2/c1-16-8-2-3-9(10(12)4-8)11(15)14-5-7(13)6-14/h2-4,7H,5-6,13H2,1H3. The van der Waals surface area contributed by atoms with Gasteiger partial charge < -0.3 is 15.4 Å². The SMILES string of the molecule is COc1ccc(C(=O)N2CC(N)C2)c(F)c1. The normalized spacial score (nSPS) is 15.8. The van der Waals surface area contributed by atoms with Crippen LogP contribution < -0.4 is 10.5 Å². The van der Waals surface area contributed by atoms with Crippen LogP contribution in [0.1, 0.15) is 10.4 Å². The third-order valence-corrected chi connectivity index (χ3v) is 2.60. The fourth-order valence-electron chi connectivity index (χ4n) is 1.65. The summed E-state index contributed by atoms with van der Waals surface area (Å²) in [6.45, 7) is 0.981. The highest BCUT2D eigenvalue weighted by molar-refractivity contribution is 5.95. The van der Waals surface area contributed by atoms with Gasteiger partial charge in [0.25, 0.3) is 5.91 Å². The minimum Gasteiger partial charge on any atom is -0.497 e. The molecule has 1 aliphatic heterocycles. The first-order chi connectivity index (χ1) is 7.61. The quantitative estimate of drug-likeness (QED) is 0.801. The molecule has 1 fully saturated rings. The first-order valence-corrected chi connectivity index (χ1v) is 5.00. The molecule has 16 heavy (non-hydrogen) atoms. The Hall–Kier alpha value is -1.62. The van der Waals surface area contributed by atoms with Gasteiger partial charge in [0, 0.05) is 25.2 Å². The second-order valence-electron chi connectivity index (χ2n) is 3.82. The molecule has 1 heterocycles. The van der Waals surface area contributed by atoms with Gasteiger partial charge in [0.15, 0.2) is 0 Å². The topological polar surface area (TPSA) is 55.6 Å². The van der Waals surface area contributed by atoms with Crippen LogP contribution in [-0.2, 0) is 0 Å². The van der Waals surface area contributed by atoms with Gasteiger partial charge in [-0.1, -0.05) is 0 Å². The number of carbonyl (C=O) groups is 1. The van der Waals surface area contributed by atoms with Gasteiger partial charge in [0.1, 0.15) is 11.6 Å². The largest absolute Gasteiger partial charge is 0.497 e. The van der Waals surface area contributed by atoms with E-state index in [1.807, 2.05) is 0 Å². The van der Waals surface area contributed by atoms with Gasteiger partial charge in [-0.2, -0.15) is 0 Å². The third kappa shape index (κ3) is 1.86. The summed E-state index contributed by atoms with van der Waals surface area (Å²) in [5, 5.41) is 0. The van der Waals surface area contributed by atoms with E-state index in [2.05, 4.69) is 0 Å². The first-order valence-electron chi connectivity index (χ1n) is 5.00. The van der Waals surface area contributed by atoms with Crippen molar-refractivity contribution in [2.75, 3.05) is 20.2 Å². The number of rotatable bonds is 2. The minimum atomic E-state index is -0.565. The van der Waals surface area contributed by atoms with Crippen LogP contribution in [-0.4, -0.2) is 37.0 Å². The van der Waals surface area contributed by atoms with Crippen molar-refractivity contribution in [3.63, 3.8) is 0 Å². The molecule has 1 saturated heterocycles. The molecule has 1 aromatic carbocycles. The molecule has 5 heteroatoms. The number of likely N-dealkylation sites (tertiary alicyclic amines) is 1. The van der Waals surface area contributed by atoms with E-state index in [1.54, 1.807) is 6.07 Å². The van der Waals surface area contributed by atoms with Crippen LogP contribution >= 0.6 is 0 Å². The van der Waals surface area contributed by atoms with Crippen LogP contribution in [0.4, 0.5) is 4.39 Å². The fraction of sp³-hybridized carbons (Fsp3) is 0.364. The number of hydrogen-bond acceptors (Lipinski definition) is 3. The van der Waals surface area contributed by atoms with E-state index in [-0.39, 0.29) is 17.5 Å². The highest BCUT2D eigenvalue weighted by Gasteiger charge is 2.29. The molecule has 86 valence electrons. The second-order valence-corrected chi connectivity index (χ2v) is 3.82. The summed E-state index contributed by atoms with van der Waals surface area (Å²) >= 11 is 0. The van der Waals surface area contributed by atoms with Crippen LogP contribution in [0.2, 0.25) is 0 Å². The number of nitrogens with zero attached hydrogens (tertiary/aromatic N) is 1. The summed E-state index contributed by atoms with van der Waals surface area (Å²) in [5.41, 5.74) is 5.62. The van der Waals surface area contributed by atoms with E-state index in [1.165, 1.54) is 24.1 Å². The maximum Gasteiger partial charge on any atom is 0.256 e. The van der Waals surface area contributed by atoms with Crippen molar-refractivity contribution in [2.45, 2.75) is 6.04 Å². The lowest BCUT2D eigenvalue weighted by Crippen LogP contribution is -2.57. The zero-order valence-corrected chi connectivity index (χ0v) is 8.94. The maximum atomic E-state index is 13.5.